The number of nitrogens with two attached hydrogens (primary N) is 1. The third kappa shape index (κ3) is 3.25. The van der Waals surface area contributed by atoms with Crippen LogP contribution in [0.4, 0.5) is 0 Å². The zero-order chi connectivity index (χ0) is 10.6. The average molecular weight is 199 g/mol. The van der Waals surface area contributed by atoms with Crippen molar-refractivity contribution in [2.75, 3.05) is 13.2 Å². The van der Waals surface area contributed by atoms with Gasteiger partial charge in [0.25, 0.3) is 0 Å². The van der Waals surface area contributed by atoms with E-state index in [1.165, 1.54) is 19.3 Å². The van der Waals surface area contributed by atoms with E-state index in [1.807, 2.05) is 0 Å². The van der Waals surface area contributed by atoms with Crippen LogP contribution in [0, 0.1) is 17.8 Å². The molecule has 3 atom stereocenters. The highest BCUT2D eigenvalue weighted by Crippen LogP contribution is 2.35. The van der Waals surface area contributed by atoms with Gasteiger partial charge in [-0.15, -0.1) is 0 Å². The summed E-state index contributed by atoms with van der Waals surface area (Å²) in [5.41, 5.74) is 5.48. The normalized spacial score (nSPS) is 33.6. The third-order valence-corrected chi connectivity index (χ3v) is 3.41. The van der Waals surface area contributed by atoms with Crippen LogP contribution in [0.5, 0.6) is 0 Å². The van der Waals surface area contributed by atoms with Crippen LogP contribution < -0.4 is 5.73 Å². The second-order valence-electron chi connectivity index (χ2n) is 5.02. The second kappa shape index (κ2) is 5.72. The van der Waals surface area contributed by atoms with Crippen LogP contribution in [0.3, 0.4) is 0 Å². The van der Waals surface area contributed by atoms with Gasteiger partial charge in [-0.2, -0.15) is 0 Å². The zero-order valence-electron chi connectivity index (χ0n) is 9.83. The maximum Gasteiger partial charge on any atom is 0.0608 e. The van der Waals surface area contributed by atoms with Crippen molar-refractivity contribution in [3.8, 4) is 0 Å². The van der Waals surface area contributed by atoms with Gasteiger partial charge in [0.1, 0.15) is 0 Å². The van der Waals surface area contributed by atoms with E-state index in [2.05, 4.69) is 20.8 Å². The van der Waals surface area contributed by atoms with Gasteiger partial charge in [-0.25, -0.2) is 0 Å². The summed E-state index contributed by atoms with van der Waals surface area (Å²) in [7, 11) is 0. The molecular formula is C12H25NO. The highest BCUT2D eigenvalue weighted by atomic mass is 16.5. The fourth-order valence-corrected chi connectivity index (χ4v) is 2.53. The number of hydrogen-bond acceptors (Lipinski definition) is 2. The average Bonchev–Trinajstić information content (AvgIpc) is 2.14. The van der Waals surface area contributed by atoms with Gasteiger partial charge in [0.2, 0.25) is 0 Å². The maximum absolute atomic E-state index is 5.85. The molecule has 0 bridgehead atoms. The van der Waals surface area contributed by atoms with E-state index in [0.717, 1.165) is 24.4 Å². The smallest absolute Gasteiger partial charge is 0.0608 e. The lowest BCUT2D eigenvalue weighted by Crippen LogP contribution is -2.35. The summed E-state index contributed by atoms with van der Waals surface area (Å²) in [5.74, 6) is 2.32. The number of rotatable bonds is 4. The summed E-state index contributed by atoms with van der Waals surface area (Å²) in [6.07, 6.45) is 4.38. The van der Waals surface area contributed by atoms with E-state index in [-0.39, 0.29) is 0 Å². The zero-order valence-corrected chi connectivity index (χ0v) is 9.83. The number of hydrogen-bond donors (Lipinski definition) is 1. The van der Waals surface area contributed by atoms with E-state index >= 15 is 0 Å². The van der Waals surface area contributed by atoms with Crippen LogP contribution in [-0.2, 0) is 4.74 Å². The molecule has 1 aliphatic rings. The van der Waals surface area contributed by atoms with Gasteiger partial charge in [0.05, 0.1) is 12.7 Å². The summed E-state index contributed by atoms with van der Waals surface area (Å²) in [5, 5.41) is 0. The topological polar surface area (TPSA) is 35.2 Å². The Bertz CT molecular complexity index is 158. The van der Waals surface area contributed by atoms with Crippen LogP contribution in [0.15, 0.2) is 0 Å². The molecule has 0 amide bonds. The molecular weight excluding hydrogens is 174 g/mol. The molecule has 1 unspecified atom stereocenters. The molecule has 0 aliphatic heterocycles. The molecule has 84 valence electrons. The molecule has 0 saturated heterocycles. The van der Waals surface area contributed by atoms with Crippen molar-refractivity contribution in [3.63, 3.8) is 0 Å². The molecule has 0 radical (unpaired) electrons. The van der Waals surface area contributed by atoms with Gasteiger partial charge >= 0.3 is 0 Å². The first-order chi connectivity index (χ1) is 6.65. The first kappa shape index (κ1) is 12.0. The van der Waals surface area contributed by atoms with Crippen LogP contribution >= 0.6 is 0 Å². The molecule has 1 fully saturated rings. The molecule has 0 aromatic carbocycles. The summed E-state index contributed by atoms with van der Waals surface area (Å²) < 4.78 is 5.85. The molecule has 2 N–H and O–H groups in total. The molecule has 0 aromatic heterocycles. The van der Waals surface area contributed by atoms with Crippen molar-refractivity contribution >= 4 is 0 Å². The fraction of sp³-hybridized carbons (Fsp3) is 1.00. The van der Waals surface area contributed by atoms with Crippen LogP contribution in [0.2, 0.25) is 0 Å². The Hall–Kier alpha value is -0.0800. The van der Waals surface area contributed by atoms with E-state index in [4.69, 9.17) is 10.5 Å². The summed E-state index contributed by atoms with van der Waals surface area (Å²) in [4.78, 5) is 0. The van der Waals surface area contributed by atoms with E-state index in [1.54, 1.807) is 0 Å². The van der Waals surface area contributed by atoms with Gasteiger partial charge in [-0.05, 0) is 30.6 Å². The predicted molar refractivity (Wildman–Crippen MR) is 60.1 cm³/mol. The maximum atomic E-state index is 5.85. The van der Waals surface area contributed by atoms with Crippen LogP contribution in [0.25, 0.3) is 0 Å². The van der Waals surface area contributed by atoms with Crippen molar-refractivity contribution in [2.45, 2.75) is 46.1 Å². The Balaban J connectivity index is 2.45. The SMILES string of the molecule is CC(C)[C@@H]1CC[C@@H](C)CC1OCCN. The monoisotopic (exact) mass is 199 g/mol. The summed E-state index contributed by atoms with van der Waals surface area (Å²) in [6, 6.07) is 0. The largest absolute Gasteiger partial charge is 0.377 e. The molecule has 0 spiro atoms. The van der Waals surface area contributed by atoms with Crippen molar-refractivity contribution in [1.82, 2.24) is 0 Å². The van der Waals surface area contributed by atoms with E-state index < -0.39 is 0 Å². The number of ether oxygens (including phenoxy) is 1. The van der Waals surface area contributed by atoms with Crippen LogP contribution in [0.1, 0.15) is 40.0 Å². The van der Waals surface area contributed by atoms with Gasteiger partial charge < -0.3 is 10.5 Å². The van der Waals surface area contributed by atoms with E-state index in [0.29, 0.717) is 12.6 Å². The highest BCUT2D eigenvalue weighted by Gasteiger charge is 2.30. The van der Waals surface area contributed by atoms with Gasteiger partial charge in [0.15, 0.2) is 0 Å². The summed E-state index contributed by atoms with van der Waals surface area (Å²) >= 11 is 0. The summed E-state index contributed by atoms with van der Waals surface area (Å²) in [6.45, 7) is 8.31. The molecule has 0 aromatic rings. The minimum absolute atomic E-state index is 0.460. The van der Waals surface area contributed by atoms with Crippen LogP contribution in [-0.4, -0.2) is 19.3 Å². The lowest BCUT2D eigenvalue weighted by molar-refractivity contribution is -0.0349. The Morgan fingerprint density at radius 1 is 1.36 bits per heavy atom. The predicted octanol–water partition coefficient (Wildman–Crippen LogP) is 2.42. The molecule has 1 rings (SSSR count). The molecule has 14 heavy (non-hydrogen) atoms. The standard InChI is InChI=1S/C12H25NO/c1-9(2)11-5-4-10(3)8-12(11)14-7-6-13/h9-12H,4-8,13H2,1-3H3/t10-,11+,12?/m1/s1. The first-order valence-corrected chi connectivity index (χ1v) is 5.96. The van der Waals surface area contributed by atoms with Crippen molar-refractivity contribution in [3.05, 3.63) is 0 Å². The highest BCUT2D eigenvalue weighted by molar-refractivity contribution is 4.81. The van der Waals surface area contributed by atoms with E-state index in [9.17, 15) is 0 Å². The Morgan fingerprint density at radius 3 is 2.64 bits per heavy atom. The van der Waals surface area contributed by atoms with Gasteiger partial charge in [-0.3, -0.25) is 0 Å². The second-order valence-corrected chi connectivity index (χ2v) is 5.02. The van der Waals surface area contributed by atoms with Crippen molar-refractivity contribution < 1.29 is 4.74 Å². The van der Waals surface area contributed by atoms with Crippen molar-refractivity contribution in [2.24, 2.45) is 23.5 Å². The Kier molecular flexibility index (Phi) is 4.90. The third-order valence-electron chi connectivity index (χ3n) is 3.41. The molecule has 1 saturated carbocycles. The van der Waals surface area contributed by atoms with Gasteiger partial charge in [-0.1, -0.05) is 27.2 Å². The minimum atomic E-state index is 0.460. The fourth-order valence-electron chi connectivity index (χ4n) is 2.53. The lowest BCUT2D eigenvalue weighted by Gasteiger charge is -2.37. The Labute approximate surface area is 88.2 Å². The molecule has 2 nitrogen and oxygen atoms in total. The minimum Gasteiger partial charge on any atom is -0.377 e. The molecule has 1 aliphatic carbocycles. The van der Waals surface area contributed by atoms with Gasteiger partial charge in [0, 0.05) is 6.54 Å². The molecule has 2 heteroatoms. The van der Waals surface area contributed by atoms with Crippen molar-refractivity contribution in [1.29, 1.82) is 0 Å². The molecule has 0 heterocycles. The lowest BCUT2D eigenvalue weighted by atomic mass is 9.75. The first-order valence-electron chi connectivity index (χ1n) is 5.96. The Morgan fingerprint density at radius 2 is 2.07 bits per heavy atom. The quantitative estimate of drug-likeness (QED) is 0.754.